The summed E-state index contributed by atoms with van der Waals surface area (Å²) in [6.07, 6.45) is 4.39. The van der Waals surface area contributed by atoms with Crippen molar-refractivity contribution in [3.63, 3.8) is 0 Å². The summed E-state index contributed by atoms with van der Waals surface area (Å²) < 4.78 is 13.6. The van der Waals surface area contributed by atoms with Crippen LogP contribution in [-0.2, 0) is 0 Å². The summed E-state index contributed by atoms with van der Waals surface area (Å²) >= 11 is 0. The van der Waals surface area contributed by atoms with E-state index in [0.29, 0.717) is 34.8 Å². The zero-order valence-electron chi connectivity index (χ0n) is 13.6. The second-order valence-corrected chi connectivity index (χ2v) is 6.93. The third kappa shape index (κ3) is 3.26. The van der Waals surface area contributed by atoms with Crippen LogP contribution in [0.15, 0.2) is 24.3 Å². The van der Waals surface area contributed by atoms with Gasteiger partial charge in [0, 0.05) is 23.5 Å². The third-order valence-corrected chi connectivity index (χ3v) is 5.03. The van der Waals surface area contributed by atoms with Crippen LogP contribution in [0.2, 0.25) is 0 Å². The van der Waals surface area contributed by atoms with Crippen LogP contribution in [0.1, 0.15) is 47.7 Å². The highest BCUT2D eigenvalue weighted by Crippen LogP contribution is 2.40. The predicted molar refractivity (Wildman–Crippen MR) is 91.6 cm³/mol. The molecule has 24 heavy (non-hydrogen) atoms. The van der Waals surface area contributed by atoms with E-state index in [1.165, 1.54) is 18.6 Å². The molecule has 2 N–H and O–H groups in total. The Balaban J connectivity index is 1.56. The van der Waals surface area contributed by atoms with Gasteiger partial charge in [-0.15, -0.1) is 0 Å². The lowest BCUT2D eigenvalue weighted by Crippen LogP contribution is -2.27. The van der Waals surface area contributed by atoms with E-state index < -0.39 is 0 Å². The van der Waals surface area contributed by atoms with Gasteiger partial charge in [0.25, 0.3) is 5.91 Å². The minimum Gasteiger partial charge on any atom is -0.352 e. The lowest BCUT2D eigenvalue weighted by molar-refractivity contribution is 0.0953. The van der Waals surface area contributed by atoms with Crippen LogP contribution in [0.5, 0.6) is 0 Å². The maximum atomic E-state index is 13.6. The molecule has 2 heterocycles. The molecule has 1 saturated carbocycles. The van der Waals surface area contributed by atoms with E-state index in [0.717, 1.165) is 38.0 Å². The molecule has 1 aromatic heterocycles. The molecule has 1 unspecified atom stereocenters. The van der Waals surface area contributed by atoms with Crippen molar-refractivity contribution < 1.29 is 9.18 Å². The number of hydrogen-bond acceptors (Lipinski definition) is 3. The molecule has 1 atom stereocenters. The predicted octanol–water partition coefficient (Wildman–Crippen LogP) is 2.98. The summed E-state index contributed by atoms with van der Waals surface area (Å²) in [5, 5.41) is 6.94. The summed E-state index contributed by atoms with van der Waals surface area (Å²) in [7, 11) is 0. The third-order valence-electron chi connectivity index (χ3n) is 5.03. The Hall–Kier alpha value is -2.01. The van der Waals surface area contributed by atoms with E-state index in [-0.39, 0.29) is 11.7 Å². The second kappa shape index (κ2) is 6.48. The summed E-state index contributed by atoms with van der Waals surface area (Å²) in [6, 6.07) is 6.33. The largest absolute Gasteiger partial charge is 0.352 e. The Morgan fingerprint density at radius 3 is 2.92 bits per heavy atom. The van der Waals surface area contributed by atoms with Crippen LogP contribution in [0.3, 0.4) is 0 Å². The van der Waals surface area contributed by atoms with Crippen molar-refractivity contribution in [2.45, 2.75) is 31.6 Å². The quantitative estimate of drug-likeness (QED) is 0.888. The van der Waals surface area contributed by atoms with Crippen molar-refractivity contribution in [1.82, 2.24) is 15.6 Å². The van der Waals surface area contributed by atoms with Gasteiger partial charge >= 0.3 is 0 Å². The average Bonchev–Trinajstić information content (AvgIpc) is 3.31. The number of carbonyl (C=O) groups excluding carboxylic acids is 1. The zero-order valence-corrected chi connectivity index (χ0v) is 13.6. The first-order valence-corrected chi connectivity index (χ1v) is 8.80. The molecule has 1 saturated heterocycles. The molecular weight excluding hydrogens is 305 g/mol. The molecule has 1 amide bonds. The summed E-state index contributed by atoms with van der Waals surface area (Å²) in [5.74, 6) is 0.630. The molecule has 4 rings (SSSR count). The first kappa shape index (κ1) is 15.5. The van der Waals surface area contributed by atoms with Gasteiger partial charge in [0.15, 0.2) is 0 Å². The van der Waals surface area contributed by atoms with Gasteiger partial charge in [-0.25, -0.2) is 4.39 Å². The van der Waals surface area contributed by atoms with Gasteiger partial charge in [-0.3, -0.25) is 9.78 Å². The lowest BCUT2D eigenvalue weighted by Gasteiger charge is -2.12. The van der Waals surface area contributed by atoms with Crippen LogP contribution in [-0.4, -0.2) is 30.5 Å². The summed E-state index contributed by atoms with van der Waals surface area (Å²) in [4.78, 5) is 17.3. The van der Waals surface area contributed by atoms with Crippen LogP contribution in [0.4, 0.5) is 4.39 Å². The van der Waals surface area contributed by atoms with E-state index in [1.807, 2.05) is 6.07 Å². The number of carbonyl (C=O) groups is 1. The fraction of sp³-hybridized carbons (Fsp3) is 0.474. The van der Waals surface area contributed by atoms with E-state index in [1.54, 1.807) is 6.07 Å². The van der Waals surface area contributed by atoms with Crippen LogP contribution in [0, 0.1) is 11.7 Å². The molecule has 2 aliphatic rings. The highest BCUT2D eigenvalue weighted by atomic mass is 19.1. The molecule has 0 bridgehead atoms. The maximum Gasteiger partial charge on any atom is 0.252 e. The number of nitrogens with one attached hydrogen (secondary N) is 2. The number of nitrogens with zero attached hydrogens (tertiary/aromatic N) is 1. The molecule has 1 aliphatic carbocycles. The topological polar surface area (TPSA) is 54.0 Å². The monoisotopic (exact) mass is 327 g/mol. The summed E-state index contributed by atoms with van der Waals surface area (Å²) in [6.45, 7) is 2.76. The molecule has 0 spiro atoms. The van der Waals surface area contributed by atoms with Gasteiger partial charge in [-0.1, -0.05) is 0 Å². The number of hydrogen-bond donors (Lipinski definition) is 2. The van der Waals surface area contributed by atoms with Gasteiger partial charge in [-0.2, -0.15) is 0 Å². The number of pyridine rings is 1. The smallest absolute Gasteiger partial charge is 0.252 e. The number of aromatic nitrogens is 1. The standard InChI is InChI=1S/C19H22FN3O/c20-14-3-4-17-15(9-14)16(10-18(23-17)13-1-2-13)19(24)22-8-6-12-5-7-21-11-12/h3-4,9-10,12-13,21H,1-2,5-8,11H2,(H,22,24). The maximum absolute atomic E-state index is 13.6. The average molecular weight is 327 g/mol. The highest BCUT2D eigenvalue weighted by molar-refractivity contribution is 6.06. The second-order valence-electron chi connectivity index (χ2n) is 6.93. The fourth-order valence-electron chi connectivity index (χ4n) is 3.44. The van der Waals surface area contributed by atoms with E-state index >= 15 is 0 Å². The summed E-state index contributed by atoms with van der Waals surface area (Å²) in [5.41, 5.74) is 2.20. The van der Waals surface area contributed by atoms with E-state index in [9.17, 15) is 9.18 Å². The number of benzene rings is 1. The van der Waals surface area contributed by atoms with Gasteiger partial charge in [0.05, 0.1) is 11.1 Å². The Bertz CT molecular complexity index is 767. The zero-order chi connectivity index (χ0) is 16.5. The molecule has 4 nitrogen and oxygen atoms in total. The molecule has 126 valence electrons. The van der Waals surface area contributed by atoms with Crippen molar-refractivity contribution >= 4 is 16.8 Å². The van der Waals surface area contributed by atoms with Gasteiger partial charge in [0.1, 0.15) is 5.82 Å². The molecule has 1 aliphatic heterocycles. The van der Waals surface area contributed by atoms with Crippen molar-refractivity contribution in [2.75, 3.05) is 19.6 Å². The van der Waals surface area contributed by atoms with Gasteiger partial charge in [-0.05, 0) is 69.0 Å². The first-order valence-electron chi connectivity index (χ1n) is 8.80. The Labute approximate surface area is 140 Å². The number of fused-ring (bicyclic) bond motifs is 1. The SMILES string of the molecule is O=C(NCCC1CCNC1)c1cc(C2CC2)nc2ccc(F)cc12. The number of rotatable bonds is 5. The van der Waals surface area contributed by atoms with Gasteiger partial charge < -0.3 is 10.6 Å². The fourth-order valence-corrected chi connectivity index (χ4v) is 3.44. The Kier molecular flexibility index (Phi) is 4.19. The number of halogens is 1. The first-order chi connectivity index (χ1) is 11.7. The minimum atomic E-state index is -0.338. The molecule has 0 radical (unpaired) electrons. The van der Waals surface area contributed by atoms with Crippen LogP contribution in [0.25, 0.3) is 10.9 Å². The minimum absolute atomic E-state index is 0.124. The highest BCUT2D eigenvalue weighted by Gasteiger charge is 2.27. The molecule has 2 fully saturated rings. The van der Waals surface area contributed by atoms with Crippen LogP contribution >= 0.6 is 0 Å². The lowest BCUT2D eigenvalue weighted by atomic mass is 10.0. The Morgan fingerprint density at radius 2 is 2.17 bits per heavy atom. The van der Waals surface area contributed by atoms with Crippen molar-refractivity contribution in [1.29, 1.82) is 0 Å². The molecule has 2 aromatic rings. The molecular formula is C19H22FN3O. The Morgan fingerprint density at radius 1 is 1.29 bits per heavy atom. The van der Waals surface area contributed by atoms with Crippen molar-refractivity contribution in [3.8, 4) is 0 Å². The van der Waals surface area contributed by atoms with Crippen molar-refractivity contribution in [3.05, 3.63) is 41.3 Å². The van der Waals surface area contributed by atoms with E-state index in [4.69, 9.17) is 0 Å². The normalized spacial score (nSPS) is 20.5. The molecule has 5 heteroatoms. The van der Waals surface area contributed by atoms with Crippen LogP contribution < -0.4 is 10.6 Å². The van der Waals surface area contributed by atoms with Crippen molar-refractivity contribution in [2.24, 2.45) is 5.92 Å². The molecule has 1 aromatic carbocycles. The van der Waals surface area contributed by atoms with E-state index in [2.05, 4.69) is 15.6 Å². The number of amides is 1. The van der Waals surface area contributed by atoms with Gasteiger partial charge in [0.2, 0.25) is 0 Å².